The van der Waals surface area contributed by atoms with Crippen molar-refractivity contribution in [1.82, 2.24) is 9.88 Å². The van der Waals surface area contributed by atoms with Gasteiger partial charge in [0.25, 0.3) is 5.91 Å². The summed E-state index contributed by atoms with van der Waals surface area (Å²) in [6.45, 7) is -0.434. The Morgan fingerprint density at radius 3 is 2.38 bits per heavy atom. The summed E-state index contributed by atoms with van der Waals surface area (Å²) < 4.78 is 55.7. The van der Waals surface area contributed by atoms with Crippen molar-refractivity contribution in [2.45, 2.75) is 12.1 Å². The molecule has 0 aliphatic rings. The van der Waals surface area contributed by atoms with Gasteiger partial charge in [0, 0.05) is 11.6 Å². The topological polar surface area (TPSA) is 71.3 Å². The second-order valence-corrected chi connectivity index (χ2v) is 7.55. The van der Waals surface area contributed by atoms with E-state index in [1.807, 2.05) is 5.32 Å². The molecule has 0 bridgehead atoms. The summed E-state index contributed by atoms with van der Waals surface area (Å²) in [7, 11) is 0. The minimum absolute atomic E-state index is 0.311. The lowest BCUT2D eigenvalue weighted by Gasteiger charge is -2.18. The highest BCUT2D eigenvalue weighted by atomic mass is 35.5. The monoisotopic (exact) mass is 488 g/mol. The van der Waals surface area contributed by atoms with Crippen molar-refractivity contribution in [2.24, 2.45) is 0 Å². The number of hydrogen-bond donors (Lipinski definition) is 2. The molecule has 3 aromatic rings. The Labute approximate surface area is 188 Å². The van der Waals surface area contributed by atoms with Crippen molar-refractivity contribution in [3.8, 4) is 0 Å². The van der Waals surface area contributed by atoms with E-state index in [-0.39, 0.29) is 5.56 Å². The number of fused-ring (bicyclic) bond motifs is 1. The number of nitrogens with zero attached hydrogens (tertiary/aromatic N) is 1. The first-order valence-corrected chi connectivity index (χ1v) is 9.73. The maximum Gasteiger partial charge on any atom is 0.405 e. The molecule has 1 unspecified atom stereocenters. The Morgan fingerprint density at radius 1 is 1.12 bits per heavy atom. The number of nitrogens with one attached hydrogen (secondary N) is 1. The SMILES string of the molecule is O=C(O)NCC(=O)n1ccc2cc(/C=C/C(c3cc(Cl)c(F)c(Cl)c3)C(F)(F)F)ccc21. The molecule has 168 valence electrons. The van der Waals surface area contributed by atoms with E-state index in [9.17, 15) is 27.2 Å². The van der Waals surface area contributed by atoms with E-state index in [0.29, 0.717) is 16.5 Å². The van der Waals surface area contributed by atoms with E-state index < -0.39 is 46.5 Å². The maximum atomic E-state index is 13.6. The van der Waals surface area contributed by atoms with Crippen LogP contribution in [0.3, 0.4) is 0 Å². The number of carbonyl (C=O) groups is 2. The first kappa shape index (κ1) is 23.6. The lowest BCUT2D eigenvalue weighted by Crippen LogP contribution is -2.30. The van der Waals surface area contributed by atoms with Crippen LogP contribution in [-0.4, -0.2) is 34.4 Å². The van der Waals surface area contributed by atoms with Crippen molar-refractivity contribution < 1.29 is 32.3 Å². The van der Waals surface area contributed by atoms with E-state index in [0.717, 1.165) is 18.2 Å². The van der Waals surface area contributed by atoms with Crippen molar-refractivity contribution >= 4 is 52.2 Å². The number of allylic oxidation sites excluding steroid dienone is 1. The molecule has 0 aliphatic heterocycles. The van der Waals surface area contributed by atoms with Crippen LogP contribution in [0.25, 0.3) is 17.0 Å². The number of rotatable bonds is 5. The number of benzene rings is 2. The summed E-state index contributed by atoms with van der Waals surface area (Å²) in [5.74, 6) is -3.60. The summed E-state index contributed by atoms with van der Waals surface area (Å²) in [5.41, 5.74) is 0.567. The van der Waals surface area contributed by atoms with Gasteiger partial charge in [0.1, 0.15) is 6.54 Å². The lowest BCUT2D eigenvalue weighted by atomic mass is 9.97. The van der Waals surface area contributed by atoms with Crippen LogP contribution in [0.2, 0.25) is 10.0 Å². The van der Waals surface area contributed by atoms with Gasteiger partial charge in [-0.2, -0.15) is 13.2 Å². The van der Waals surface area contributed by atoms with Crippen LogP contribution in [0.15, 0.2) is 48.7 Å². The summed E-state index contributed by atoms with van der Waals surface area (Å²) in [6, 6.07) is 7.94. The fourth-order valence-electron chi connectivity index (χ4n) is 3.09. The van der Waals surface area contributed by atoms with E-state index in [4.69, 9.17) is 28.3 Å². The van der Waals surface area contributed by atoms with Crippen LogP contribution < -0.4 is 5.32 Å². The van der Waals surface area contributed by atoms with Gasteiger partial charge in [-0.15, -0.1) is 0 Å². The van der Waals surface area contributed by atoms with Gasteiger partial charge in [-0.25, -0.2) is 9.18 Å². The number of carbonyl (C=O) groups excluding carboxylic acids is 1. The third kappa shape index (κ3) is 5.23. The van der Waals surface area contributed by atoms with Gasteiger partial charge in [0.15, 0.2) is 5.82 Å². The van der Waals surface area contributed by atoms with Crippen LogP contribution in [-0.2, 0) is 0 Å². The van der Waals surface area contributed by atoms with Crippen molar-refractivity contribution in [3.63, 3.8) is 0 Å². The fraction of sp³-hybridized carbons (Fsp3) is 0.143. The Morgan fingerprint density at radius 2 is 1.78 bits per heavy atom. The second-order valence-electron chi connectivity index (χ2n) is 6.73. The molecule has 5 nitrogen and oxygen atoms in total. The predicted molar refractivity (Wildman–Crippen MR) is 113 cm³/mol. The zero-order valence-corrected chi connectivity index (χ0v) is 17.5. The second kappa shape index (κ2) is 9.22. The van der Waals surface area contributed by atoms with E-state index in [1.54, 1.807) is 12.1 Å². The Kier molecular flexibility index (Phi) is 6.80. The van der Waals surface area contributed by atoms with Crippen molar-refractivity contribution in [3.05, 3.63) is 75.7 Å². The van der Waals surface area contributed by atoms with Gasteiger partial charge in [0.05, 0.1) is 21.5 Å². The van der Waals surface area contributed by atoms with Crippen LogP contribution in [0.1, 0.15) is 21.8 Å². The maximum absolute atomic E-state index is 13.6. The molecule has 11 heteroatoms. The summed E-state index contributed by atoms with van der Waals surface area (Å²) in [4.78, 5) is 22.7. The molecule has 0 fully saturated rings. The number of amides is 1. The Hall–Kier alpha value is -3.04. The molecule has 3 rings (SSSR count). The van der Waals surface area contributed by atoms with Crippen molar-refractivity contribution in [1.29, 1.82) is 0 Å². The molecule has 0 spiro atoms. The first-order chi connectivity index (χ1) is 15.0. The average molecular weight is 489 g/mol. The van der Waals surface area contributed by atoms with E-state index >= 15 is 0 Å². The zero-order chi connectivity index (χ0) is 23.6. The van der Waals surface area contributed by atoms with Gasteiger partial charge < -0.3 is 10.4 Å². The first-order valence-electron chi connectivity index (χ1n) is 8.98. The van der Waals surface area contributed by atoms with Crippen LogP contribution in [0.4, 0.5) is 22.4 Å². The molecule has 2 N–H and O–H groups in total. The van der Waals surface area contributed by atoms with Gasteiger partial charge in [-0.3, -0.25) is 9.36 Å². The minimum atomic E-state index is -4.68. The third-order valence-corrected chi connectivity index (χ3v) is 5.12. The number of aromatic nitrogens is 1. The molecule has 0 saturated heterocycles. The molecule has 1 heterocycles. The van der Waals surface area contributed by atoms with Crippen LogP contribution >= 0.6 is 23.2 Å². The lowest BCUT2D eigenvalue weighted by molar-refractivity contribution is -0.139. The van der Waals surface area contributed by atoms with Crippen LogP contribution in [0, 0.1) is 5.82 Å². The molecule has 1 aromatic heterocycles. The van der Waals surface area contributed by atoms with Crippen LogP contribution in [0.5, 0.6) is 0 Å². The highest BCUT2D eigenvalue weighted by Crippen LogP contribution is 2.39. The Bertz CT molecular complexity index is 1200. The normalized spacial score (nSPS) is 12.9. The predicted octanol–water partition coefficient (Wildman–Crippen LogP) is 6.35. The van der Waals surface area contributed by atoms with Crippen molar-refractivity contribution in [2.75, 3.05) is 6.54 Å². The minimum Gasteiger partial charge on any atom is -0.465 e. The quantitative estimate of drug-likeness (QED) is 0.324. The van der Waals surface area contributed by atoms with E-state index in [1.165, 1.54) is 29.0 Å². The fourth-order valence-corrected chi connectivity index (χ4v) is 3.59. The van der Waals surface area contributed by atoms with Gasteiger partial charge in [-0.05, 0) is 41.5 Å². The molecule has 2 aromatic carbocycles. The largest absolute Gasteiger partial charge is 0.465 e. The number of hydrogen-bond acceptors (Lipinski definition) is 2. The number of halogens is 6. The molecule has 0 saturated carbocycles. The highest BCUT2D eigenvalue weighted by Gasteiger charge is 2.39. The standard InChI is InChI=1S/C21H14Cl2F4N2O3/c22-15-8-13(9-16(23)19(15)24)14(21(25,26)27)3-1-11-2-4-17-12(7-11)5-6-29(17)18(30)10-28-20(31)32/h1-9,14,28H,10H2,(H,31,32)/b3-1+. The molecular weight excluding hydrogens is 475 g/mol. The summed E-state index contributed by atoms with van der Waals surface area (Å²) >= 11 is 11.3. The van der Waals surface area contributed by atoms with E-state index in [2.05, 4.69) is 0 Å². The van der Waals surface area contributed by atoms with Gasteiger partial charge in [0.2, 0.25) is 0 Å². The molecule has 0 aliphatic carbocycles. The zero-order valence-electron chi connectivity index (χ0n) is 16.0. The van der Waals surface area contributed by atoms with Gasteiger partial charge >= 0.3 is 12.3 Å². The highest BCUT2D eigenvalue weighted by molar-refractivity contribution is 6.35. The molecule has 1 amide bonds. The third-order valence-electron chi connectivity index (χ3n) is 4.57. The number of carboxylic acid groups (broad SMARTS) is 1. The Balaban J connectivity index is 1.90. The smallest absolute Gasteiger partial charge is 0.405 e. The molecule has 1 atom stereocenters. The summed E-state index contributed by atoms with van der Waals surface area (Å²) in [5, 5.41) is 10.1. The number of alkyl halides is 3. The average Bonchev–Trinajstić information content (AvgIpc) is 3.12. The van der Waals surface area contributed by atoms with Gasteiger partial charge in [-0.1, -0.05) is 41.4 Å². The molecular formula is C21H14Cl2F4N2O3. The molecule has 0 radical (unpaired) electrons. The molecule has 32 heavy (non-hydrogen) atoms. The summed E-state index contributed by atoms with van der Waals surface area (Å²) in [6.07, 6.45) is -2.44.